The van der Waals surface area contributed by atoms with Crippen LogP contribution in [0.5, 0.6) is 0 Å². The Kier molecular flexibility index (Phi) is 4.42. The highest BCUT2D eigenvalue weighted by Gasteiger charge is 2.30. The Labute approximate surface area is 139 Å². The normalized spacial score (nSPS) is 11.8. The van der Waals surface area contributed by atoms with Crippen LogP contribution in [0.1, 0.15) is 21.9 Å². The highest BCUT2D eigenvalue weighted by molar-refractivity contribution is 5.92. The van der Waals surface area contributed by atoms with Crippen LogP contribution in [-0.4, -0.2) is 12.1 Å². The van der Waals surface area contributed by atoms with Crippen LogP contribution in [0.15, 0.2) is 68.7 Å². The molecule has 0 aliphatic carbocycles. The Morgan fingerprint density at radius 1 is 1.12 bits per heavy atom. The molecule has 0 aliphatic heterocycles. The maximum atomic E-state index is 12.7. The second-order valence-electron chi connectivity index (χ2n) is 4.96. The minimum Gasteiger partial charge on any atom is -0.459 e. The van der Waals surface area contributed by atoms with Crippen molar-refractivity contribution in [1.29, 1.82) is 0 Å². The van der Waals surface area contributed by atoms with Crippen molar-refractivity contribution in [2.75, 3.05) is 0 Å². The summed E-state index contributed by atoms with van der Waals surface area (Å²) < 4.78 is 48.6. The van der Waals surface area contributed by atoms with Gasteiger partial charge in [-0.1, -0.05) is 12.1 Å². The molecular formula is C17H11F3N2O3. The van der Waals surface area contributed by atoms with Crippen molar-refractivity contribution in [3.05, 3.63) is 71.9 Å². The summed E-state index contributed by atoms with van der Waals surface area (Å²) in [7, 11) is 0. The lowest BCUT2D eigenvalue weighted by molar-refractivity contribution is -0.137. The number of furan rings is 2. The topological polar surface area (TPSA) is 67.7 Å². The summed E-state index contributed by atoms with van der Waals surface area (Å²) in [6, 6.07) is 10.9. The first-order chi connectivity index (χ1) is 11.9. The van der Waals surface area contributed by atoms with Gasteiger partial charge in [0.1, 0.15) is 11.5 Å². The predicted molar refractivity (Wildman–Crippen MR) is 82.9 cm³/mol. The number of hydrogen-bond acceptors (Lipinski definition) is 4. The largest absolute Gasteiger partial charge is 0.459 e. The minimum atomic E-state index is -4.43. The summed E-state index contributed by atoms with van der Waals surface area (Å²) >= 11 is 0. The summed E-state index contributed by atoms with van der Waals surface area (Å²) in [5.74, 6) is 0.0872. The number of nitrogens with zero attached hydrogens (tertiary/aromatic N) is 1. The Balaban J connectivity index is 1.70. The Morgan fingerprint density at radius 2 is 1.96 bits per heavy atom. The van der Waals surface area contributed by atoms with Gasteiger partial charge in [-0.2, -0.15) is 18.3 Å². The maximum Gasteiger partial charge on any atom is 0.416 e. The van der Waals surface area contributed by atoms with E-state index in [9.17, 15) is 18.0 Å². The van der Waals surface area contributed by atoms with E-state index in [1.54, 1.807) is 6.07 Å². The molecule has 1 N–H and O–H groups in total. The third-order valence-electron chi connectivity index (χ3n) is 3.20. The first kappa shape index (κ1) is 16.6. The highest BCUT2D eigenvalue weighted by atomic mass is 19.4. The maximum absolute atomic E-state index is 12.7. The van der Waals surface area contributed by atoms with Gasteiger partial charge in [0.2, 0.25) is 0 Å². The molecule has 0 saturated carbocycles. The number of carbonyl (C=O) groups is 1. The summed E-state index contributed by atoms with van der Waals surface area (Å²) in [4.78, 5) is 11.6. The fraction of sp³-hybridized carbons (Fsp3) is 0.0588. The van der Waals surface area contributed by atoms with Gasteiger partial charge in [0.15, 0.2) is 5.76 Å². The molecule has 3 rings (SSSR count). The molecule has 0 saturated heterocycles. The number of hydrogen-bond donors (Lipinski definition) is 1. The van der Waals surface area contributed by atoms with Crippen molar-refractivity contribution in [3.8, 4) is 11.3 Å². The molecule has 0 atom stereocenters. The number of rotatable bonds is 4. The first-order valence-corrected chi connectivity index (χ1v) is 7.08. The van der Waals surface area contributed by atoms with Gasteiger partial charge < -0.3 is 8.83 Å². The van der Waals surface area contributed by atoms with Gasteiger partial charge >= 0.3 is 12.1 Å². The molecule has 5 nitrogen and oxygen atoms in total. The van der Waals surface area contributed by atoms with Crippen LogP contribution in [0.3, 0.4) is 0 Å². The zero-order chi connectivity index (χ0) is 17.9. The lowest BCUT2D eigenvalue weighted by atomic mass is 10.1. The Hall–Kier alpha value is -3.29. The lowest BCUT2D eigenvalue weighted by Gasteiger charge is -2.07. The van der Waals surface area contributed by atoms with Crippen molar-refractivity contribution in [3.63, 3.8) is 0 Å². The van der Waals surface area contributed by atoms with Crippen LogP contribution in [0, 0.1) is 0 Å². The number of amides is 1. The third kappa shape index (κ3) is 3.97. The van der Waals surface area contributed by atoms with Gasteiger partial charge in [-0.3, -0.25) is 4.79 Å². The lowest BCUT2D eigenvalue weighted by Crippen LogP contribution is -2.16. The molecular weight excluding hydrogens is 337 g/mol. The molecule has 0 fully saturated rings. The Bertz CT molecular complexity index is 896. The van der Waals surface area contributed by atoms with Gasteiger partial charge in [0, 0.05) is 5.56 Å². The molecule has 3 aromatic rings. The van der Waals surface area contributed by atoms with Gasteiger partial charge in [-0.25, -0.2) is 5.43 Å². The SMILES string of the molecule is O=C(NN=Cc1ccc(-c2cccc(C(F)(F)F)c2)o1)c1ccco1. The fourth-order valence-electron chi connectivity index (χ4n) is 2.04. The van der Waals surface area contributed by atoms with E-state index in [2.05, 4.69) is 10.5 Å². The number of alkyl halides is 3. The van der Waals surface area contributed by atoms with E-state index in [1.807, 2.05) is 0 Å². The van der Waals surface area contributed by atoms with Gasteiger partial charge in [0.05, 0.1) is 18.0 Å². The van der Waals surface area contributed by atoms with Crippen LogP contribution in [-0.2, 0) is 6.18 Å². The van der Waals surface area contributed by atoms with Crippen LogP contribution < -0.4 is 5.43 Å². The van der Waals surface area contributed by atoms with Gasteiger partial charge in [0.25, 0.3) is 0 Å². The molecule has 0 spiro atoms. The van der Waals surface area contributed by atoms with Crippen molar-refractivity contribution in [1.82, 2.24) is 5.43 Å². The molecule has 1 amide bonds. The molecule has 25 heavy (non-hydrogen) atoms. The van der Waals surface area contributed by atoms with E-state index in [4.69, 9.17) is 8.83 Å². The number of nitrogens with one attached hydrogen (secondary N) is 1. The smallest absolute Gasteiger partial charge is 0.416 e. The Morgan fingerprint density at radius 3 is 2.68 bits per heavy atom. The molecule has 8 heteroatoms. The summed E-state index contributed by atoms with van der Waals surface area (Å²) in [5.41, 5.74) is 1.76. The fourth-order valence-corrected chi connectivity index (χ4v) is 2.04. The van der Waals surface area contributed by atoms with E-state index >= 15 is 0 Å². The van der Waals surface area contributed by atoms with E-state index in [0.29, 0.717) is 0 Å². The first-order valence-electron chi connectivity index (χ1n) is 7.08. The average molecular weight is 348 g/mol. The number of halogens is 3. The zero-order valence-electron chi connectivity index (χ0n) is 12.6. The standard InChI is InChI=1S/C17H11F3N2O3/c18-17(19,20)12-4-1-3-11(9-12)14-7-6-13(25-14)10-21-22-16(23)15-5-2-8-24-15/h1-10H,(H,22,23). The van der Waals surface area contributed by atoms with Gasteiger partial charge in [-0.15, -0.1) is 0 Å². The summed E-state index contributed by atoms with van der Waals surface area (Å²) in [6.45, 7) is 0. The van der Waals surface area contributed by atoms with Crippen molar-refractivity contribution < 1.29 is 26.8 Å². The average Bonchev–Trinajstić information content (AvgIpc) is 3.26. The van der Waals surface area contributed by atoms with Crippen LogP contribution in [0.2, 0.25) is 0 Å². The van der Waals surface area contributed by atoms with E-state index < -0.39 is 17.6 Å². The second kappa shape index (κ2) is 6.68. The van der Waals surface area contributed by atoms with E-state index in [-0.39, 0.29) is 22.8 Å². The second-order valence-corrected chi connectivity index (χ2v) is 4.96. The van der Waals surface area contributed by atoms with Gasteiger partial charge in [-0.05, 0) is 36.4 Å². The monoisotopic (exact) mass is 348 g/mol. The number of hydrazone groups is 1. The summed E-state index contributed by atoms with van der Waals surface area (Å²) in [6.07, 6.45) is -1.84. The molecule has 0 aliphatic rings. The van der Waals surface area contributed by atoms with Crippen molar-refractivity contribution in [2.45, 2.75) is 6.18 Å². The molecule has 1 aromatic carbocycles. The molecule has 0 radical (unpaired) electrons. The minimum absolute atomic E-state index is 0.0984. The summed E-state index contributed by atoms with van der Waals surface area (Å²) in [5, 5.41) is 3.70. The highest BCUT2D eigenvalue weighted by Crippen LogP contribution is 2.32. The van der Waals surface area contributed by atoms with Crippen LogP contribution in [0.4, 0.5) is 13.2 Å². The van der Waals surface area contributed by atoms with E-state index in [1.165, 1.54) is 42.8 Å². The predicted octanol–water partition coefficient (Wildman–Crippen LogP) is 4.32. The molecule has 128 valence electrons. The molecule has 0 unspecified atom stereocenters. The number of benzene rings is 1. The number of carbonyl (C=O) groups excluding carboxylic acids is 1. The molecule has 0 bridgehead atoms. The van der Waals surface area contributed by atoms with Crippen molar-refractivity contribution in [2.24, 2.45) is 5.10 Å². The van der Waals surface area contributed by atoms with Crippen LogP contribution in [0.25, 0.3) is 11.3 Å². The molecule has 2 heterocycles. The van der Waals surface area contributed by atoms with E-state index in [0.717, 1.165) is 12.1 Å². The van der Waals surface area contributed by atoms with Crippen molar-refractivity contribution >= 4 is 12.1 Å². The van der Waals surface area contributed by atoms with Crippen LogP contribution >= 0.6 is 0 Å². The third-order valence-corrected chi connectivity index (χ3v) is 3.20. The quantitative estimate of drug-likeness (QED) is 0.564. The zero-order valence-corrected chi connectivity index (χ0v) is 12.6. The molecule has 2 aromatic heterocycles.